The Morgan fingerprint density at radius 3 is 2.78 bits per heavy atom. The van der Waals surface area contributed by atoms with Gasteiger partial charge in [-0.3, -0.25) is 23.4 Å². The zero-order valence-electron chi connectivity index (χ0n) is 15.9. The number of H-pyrrole nitrogens is 1. The molecule has 4 rings (SSSR count). The fourth-order valence-electron chi connectivity index (χ4n) is 3.29. The van der Waals surface area contributed by atoms with E-state index >= 15 is 0 Å². The SMILES string of the molecule is O=c1[nH]c(=O)n([C@@H]2O[C@@](COP3(=S)OCc4ccccc4O3)(C(F)F)[C@@H](O)[C@H]2O)cc1F. The van der Waals surface area contributed by atoms with Gasteiger partial charge < -0.3 is 19.5 Å². The van der Waals surface area contributed by atoms with Crippen LogP contribution in [-0.2, 0) is 32.2 Å². The normalized spacial score (nSPS) is 32.0. The molecule has 3 N–H and O–H groups in total. The Bertz CT molecular complexity index is 1190. The second-order valence-electron chi connectivity index (χ2n) is 7.04. The van der Waals surface area contributed by atoms with E-state index in [0.29, 0.717) is 22.1 Å². The smallest absolute Gasteiger partial charge is 0.381 e. The number of aromatic amines is 1. The summed E-state index contributed by atoms with van der Waals surface area (Å²) in [4.78, 5) is 24.8. The van der Waals surface area contributed by atoms with Crippen molar-refractivity contribution < 1.29 is 41.7 Å². The number of halogens is 3. The third kappa shape index (κ3) is 3.92. The number of aliphatic hydroxyl groups excluding tert-OH is 2. The van der Waals surface area contributed by atoms with Crippen molar-refractivity contribution in [3.05, 3.63) is 62.7 Å². The summed E-state index contributed by atoms with van der Waals surface area (Å²) in [5.74, 6) is -1.09. The number of rotatable bonds is 5. The number of hydrogen-bond donors (Lipinski definition) is 3. The zero-order chi connectivity index (χ0) is 23.3. The average Bonchev–Trinajstić information content (AvgIpc) is 3.01. The van der Waals surface area contributed by atoms with Crippen molar-refractivity contribution in [2.24, 2.45) is 0 Å². The lowest BCUT2D eigenvalue weighted by molar-refractivity contribution is -0.193. The summed E-state index contributed by atoms with van der Waals surface area (Å²) in [6.45, 7) is -4.68. The molecule has 2 aliphatic rings. The minimum atomic E-state index is -3.59. The molecule has 2 aliphatic heterocycles. The number of aromatic nitrogens is 2. The van der Waals surface area contributed by atoms with Crippen LogP contribution < -0.4 is 15.8 Å². The van der Waals surface area contributed by atoms with Crippen molar-refractivity contribution in [2.75, 3.05) is 6.61 Å². The van der Waals surface area contributed by atoms with Crippen LogP contribution >= 0.6 is 6.72 Å². The number of nitrogens with one attached hydrogen (secondary N) is 1. The molecule has 3 heterocycles. The van der Waals surface area contributed by atoms with E-state index in [1.165, 1.54) is 0 Å². The molecule has 1 saturated heterocycles. The van der Waals surface area contributed by atoms with Gasteiger partial charge in [0, 0.05) is 17.4 Å². The highest BCUT2D eigenvalue weighted by Gasteiger charge is 2.61. The van der Waals surface area contributed by atoms with Gasteiger partial charge in [-0.1, -0.05) is 18.2 Å². The van der Waals surface area contributed by atoms with Crippen LogP contribution in [0, 0.1) is 5.82 Å². The number of fused-ring (bicyclic) bond motifs is 1. The number of nitrogens with zero attached hydrogens (tertiary/aromatic N) is 1. The van der Waals surface area contributed by atoms with E-state index in [-0.39, 0.29) is 6.61 Å². The maximum absolute atomic E-state index is 14.1. The average molecular weight is 496 g/mol. The Morgan fingerprint density at radius 2 is 2.06 bits per heavy atom. The summed E-state index contributed by atoms with van der Waals surface area (Å²) in [5, 5.41) is 20.7. The van der Waals surface area contributed by atoms with Gasteiger partial charge in [-0.15, -0.1) is 0 Å². The van der Waals surface area contributed by atoms with Gasteiger partial charge in [0.25, 0.3) is 12.0 Å². The lowest BCUT2D eigenvalue weighted by Crippen LogP contribution is -2.52. The molecule has 1 aromatic heterocycles. The van der Waals surface area contributed by atoms with Crippen LogP contribution in [0.25, 0.3) is 0 Å². The van der Waals surface area contributed by atoms with Crippen LogP contribution in [0.15, 0.2) is 40.1 Å². The molecule has 1 unspecified atom stereocenters. The molecule has 32 heavy (non-hydrogen) atoms. The van der Waals surface area contributed by atoms with E-state index in [9.17, 15) is 33.0 Å². The van der Waals surface area contributed by atoms with Gasteiger partial charge in [0.05, 0.1) is 19.4 Å². The first-order valence-corrected chi connectivity index (χ1v) is 11.6. The number of para-hydroxylation sites is 1. The highest BCUT2D eigenvalue weighted by Crippen LogP contribution is 2.56. The minimum absolute atomic E-state index is 0.00413. The van der Waals surface area contributed by atoms with Gasteiger partial charge in [-0.05, 0) is 6.07 Å². The van der Waals surface area contributed by atoms with Crippen molar-refractivity contribution in [1.29, 1.82) is 0 Å². The molecule has 0 bridgehead atoms. The molecule has 0 radical (unpaired) electrons. The summed E-state index contributed by atoms with van der Waals surface area (Å²) in [6, 6.07) is 6.69. The molecule has 1 fully saturated rings. The first kappa shape index (κ1) is 23.1. The molecule has 0 saturated carbocycles. The third-order valence-electron chi connectivity index (χ3n) is 5.03. The van der Waals surface area contributed by atoms with Crippen molar-refractivity contribution in [3.63, 3.8) is 0 Å². The van der Waals surface area contributed by atoms with Gasteiger partial charge in [-0.25, -0.2) is 13.6 Å². The largest absolute Gasteiger partial charge is 0.424 e. The Morgan fingerprint density at radius 1 is 1.34 bits per heavy atom. The summed E-state index contributed by atoms with van der Waals surface area (Å²) < 4.78 is 63.5. The molecule has 174 valence electrons. The molecule has 0 amide bonds. The zero-order valence-corrected chi connectivity index (χ0v) is 17.6. The van der Waals surface area contributed by atoms with Gasteiger partial charge in [-0.2, -0.15) is 4.39 Å². The molecular weight excluding hydrogens is 480 g/mol. The van der Waals surface area contributed by atoms with Crippen LogP contribution in [-0.4, -0.2) is 50.6 Å². The van der Waals surface area contributed by atoms with Crippen LogP contribution in [0.5, 0.6) is 5.75 Å². The van der Waals surface area contributed by atoms with Crippen molar-refractivity contribution >= 4 is 18.5 Å². The van der Waals surface area contributed by atoms with E-state index in [2.05, 4.69) is 0 Å². The Hall–Kier alpha value is -2.06. The molecule has 10 nitrogen and oxygen atoms in total. The molecule has 2 aromatic rings. The fraction of sp³-hybridized carbons (Fsp3) is 0.412. The van der Waals surface area contributed by atoms with Gasteiger partial charge in [0.15, 0.2) is 11.8 Å². The van der Waals surface area contributed by atoms with Crippen molar-refractivity contribution in [2.45, 2.75) is 37.1 Å². The highest BCUT2D eigenvalue weighted by molar-refractivity contribution is 8.07. The van der Waals surface area contributed by atoms with Crippen molar-refractivity contribution in [1.82, 2.24) is 9.55 Å². The van der Waals surface area contributed by atoms with Crippen LogP contribution in [0.4, 0.5) is 13.2 Å². The first-order valence-electron chi connectivity index (χ1n) is 9.06. The van der Waals surface area contributed by atoms with Gasteiger partial charge in [0.1, 0.15) is 18.0 Å². The second kappa shape index (κ2) is 8.37. The number of ether oxygens (including phenoxy) is 1. The predicted molar refractivity (Wildman–Crippen MR) is 104 cm³/mol. The Labute approximate surface area is 182 Å². The van der Waals surface area contributed by atoms with E-state index in [1.54, 1.807) is 29.2 Å². The second-order valence-corrected chi connectivity index (χ2v) is 9.97. The van der Waals surface area contributed by atoms with E-state index in [4.69, 9.17) is 30.1 Å². The third-order valence-corrected chi connectivity index (χ3v) is 7.20. The topological polar surface area (TPSA) is 132 Å². The minimum Gasteiger partial charge on any atom is -0.424 e. The van der Waals surface area contributed by atoms with Gasteiger partial charge >= 0.3 is 12.4 Å². The molecule has 0 spiro atoms. The lowest BCUT2D eigenvalue weighted by atomic mass is 9.96. The summed E-state index contributed by atoms with van der Waals surface area (Å²) in [6.07, 6.45) is -9.43. The van der Waals surface area contributed by atoms with Crippen molar-refractivity contribution in [3.8, 4) is 5.75 Å². The molecule has 15 heteroatoms. The highest BCUT2D eigenvalue weighted by atomic mass is 32.5. The molecule has 5 atom stereocenters. The summed E-state index contributed by atoms with van der Waals surface area (Å²) in [7, 11) is 0. The number of hydrogen-bond acceptors (Lipinski definition) is 9. The number of aliphatic hydroxyl groups is 2. The summed E-state index contributed by atoms with van der Waals surface area (Å²) in [5.41, 5.74) is -4.81. The first-order chi connectivity index (χ1) is 15.1. The standard InChI is InChI=1S/C17H16F3N2O8PS/c18-9-5-22(16(26)21-13(9)25)14-11(23)12(24)17(29-14,15(19)20)7-28-31(32)27-6-8-3-1-2-4-10(8)30-31/h1-5,11-12,14-15,23-24H,6-7H2,(H,21,25,26)/t11-,12+,14-,17-,31?/m1/s1. The number of alkyl halides is 2. The van der Waals surface area contributed by atoms with Crippen LogP contribution in [0.3, 0.4) is 0 Å². The fourth-order valence-corrected chi connectivity index (χ4v) is 5.11. The van der Waals surface area contributed by atoms with E-state index in [1.807, 2.05) is 0 Å². The Kier molecular flexibility index (Phi) is 6.05. The van der Waals surface area contributed by atoms with Crippen LogP contribution in [0.1, 0.15) is 11.8 Å². The maximum Gasteiger partial charge on any atom is 0.381 e. The number of benzene rings is 1. The van der Waals surface area contributed by atoms with Crippen LogP contribution in [0.2, 0.25) is 0 Å². The maximum atomic E-state index is 14.1. The molecule has 1 aromatic carbocycles. The monoisotopic (exact) mass is 496 g/mol. The summed E-state index contributed by atoms with van der Waals surface area (Å²) >= 11 is 5.20. The predicted octanol–water partition coefficient (Wildman–Crippen LogP) is 0.780. The lowest BCUT2D eigenvalue weighted by Gasteiger charge is -2.34. The quantitative estimate of drug-likeness (QED) is 0.514. The Balaban J connectivity index is 1.60. The molecule has 0 aliphatic carbocycles. The van der Waals surface area contributed by atoms with Gasteiger partial charge in [0.2, 0.25) is 5.82 Å². The van der Waals surface area contributed by atoms with E-state index in [0.717, 1.165) is 0 Å². The molecular formula is C17H16F3N2O8PS. The van der Waals surface area contributed by atoms with E-state index < -0.39 is 60.9 Å².